The van der Waals surface area contributed by atoms with Crippen molar-refractivity contribution in [3.8, 4) is 0 Å². The van der Waals surface area contributed by atoms with E-state index in [2.05, 4.69) is 5.32 Å². The summed E-state index contributed by atoms with van der Waals surface area (Å²) in [6.45, 7) is 1.93. The number of rotatable bonds is 4. The third kappa shape index (κ3) is 3.51. The molecule has 0 bridgehead atoms. The van der Waals surface area contributed by atoms with Gasteiger partial charge in [-0.2, -0.15) is 0 Å². The lowest BCUT2D eigenvalue weighted by atomic mass is 10.2. The number of thiophene rings is 1. The normalized spacial score (nSPS) is 10.3. The number of carbonyl (C=O) groups excluding carboxylic acids is 1. The van der Waals surface area contributed by atoms with Crippen LogP contribution in [0.15, 0.2) is 39.9 Å². The van der Waals surface area contributed by atoms with Crippen molar-refractivity contribution >= 4 is 40.4 Å². The Bertz CT molecular complexity index is 538. The van der Waals surface area contributed by atoms with Crippen LogP contribution >= 0.6 is 23.1 Å². The molecular weight excluding hydrogens is 264 g/mol. The number of nitrogens with one attached hydrogen (secondary N) is 1. The van der Waals surface area contributed by atoms with Crippen LogP contribution in [0.3, 0.4) is 0 Å². The standard InChI is InChI=1S/C13H14N2OS2/c1-9-7-10(14)4-5-11(9)15-12(16)8-18-13-3-2-6-17-13/h2-7H,8,14H2,1H3,(H,15,16). The Morgan fingerprint density at radius 1 is 1.44 bits per heavy atom. The molecule has 1 amide bonds. The zero-order valence-corrected chi connectivity index (χ0v) is 11.6. The summed E-state index contributed by atoms with van der Waals surface area (Å²) in [5, 5.41) is 4.89. The first kappa shape index (κ1) is 13.0. The van der Waals surface area contributed by atoms with Crippen molar-refractivity contribution in [2.75, 3.05) is 16.8 Å². The van der Waals surface area contributed by atoms with Gasteiger partial charge in [0.2, 0.25) is 5.91 Å². The van der Waals surface area contributed by atoms with Gasteiger partial charge in [-0.25, -0.2) is 0 Å². The quantitative estimate of drug-likeness (QED) is 0.666. The minimum atomic E-state index is 0.00118. The predicted molar refractivity (Wildman–Crippen MR) is 79.3 cm³/mol. The van der Waals surface area contributed by atoms with Crippen LogP contribution in [-0.2, 0) is 4.79 Å². The minimum Gasteiger partial charge on any atom is -0.399 e. The smallest absolute Gasteiger partial charge is 0.234 e. The number of nitrogens with two attached hydrogens (primary N) is 1. The molecule has 18 heavy (non-hydrogen) atoms. The fourth-order valence-electron chi connectivity index (χ4n) is 1.50. The molecule has 5 heteroatoms. The number of aryl methyl sites for hydroxylation is 1. The van der Waals surface area contributed by atoms with Gasteiger partial charge in [-0.3, -0.25) is 4.79 Å². The van der Waals surface area contributed by atoms with E-state index in [-0.39, 0.29) is 5.91 Å². The molecule has 1 aromatic heterocycles. The Hall–Kier alpha value is -1.46. The molecule has 1 aromatic carbocycles. The Labute approximate surface area is 114 Å². The molecule has 0 unspecified atom stereocenters. The Morgan fingerprint density at radius 2 is 2.28 bits per heavy atom. The number of amides is 1. The van der Waals surface area contributed by atoms with Crippen LogP contribution in [0.1, 0.15) is 5.56 Å². The summed E-state index contributed by atoms with van der Waals surface area (Å²) in [5.41, 5.74) is 8.17. The first-order chi connectivity index (χ1) is 8.65. The second kappa shape index (κ2) is 5.93. The summed E-state index contributed by atoms with van der Waals surface area (Å²) in [6.07, 6.45) is 0. The summed E-state index contributed by atoms with van der Waals surface area (Å²) in [4.78, 5) is 11.8. The molecule has 2 aromatic rings. The maximum atomic E-state index is 11.8. The molecule has 0 radical (unpaired) electrons. The van der Waals surface area contributed by atoms with Crippen LogP contribution in [0.2, 0.25) is 0 Å². The average molecular weight is 278 g/mol. The summed E-state index contributed by atoms with van der Waals surface area (Å²) in [5.74, 6) is 0.422. The maximum absolute atomic E-state index is 11.8. The van der Waals surface area contributed by atoms with Gasteiger partial charge >= 0.3 is 0 Å². The van der Waals surface area contributed by atoms with Crippen LogP contribution in [0.5, 0.6) is 0 Å². The molecule has 94 valence electrons. The van der Waals surface area contributed by atoms with E-state index in [9.17, 15) is 4.79 Å². The Kier molecular flexibility index (Phi) is 4.28. The maximum Gasteiger partial charge on any atom is 0.234 e. The monoisotopic (exact) mass is 278 g/mol. The predicted octanol–water partition coefficient (Wildman–Crippen LogP) is 3.37. The highest BCUT2D eigenvalue weighted by molar-refractivity contribution is 8.01. The Balaban J connectivity index is 1.91. The van der Waals surface area contributed by atoms with E-state index in [4.69, 9.17) is 5.73 Å². The van der Waals surface area contributed by atoms with Crippen molar-refractivity contribution in [3.63, 3.8) is 0 Å². The van der Waals surface area contributed by atoms with E-state index in [1.54, 1.807) is 29.2 Å². The number of benzene rings is 1. The Morgan fingerprint density at radius 3 is 2.94 bits per heavy atom. The molecule has 0 aliphatic heterocycles. The lowest BCUT2D eigenvalue weighted by Gasteiger charge is -2.08. The van der Waals surface area contributed by atoms with Crippen LogP contribution in [-0.4, -0.2) is 11.7 Å². The van der Waals surface area contributed by atoms with Crippen LogP contribution in [0.25, 0.3) is 0 Å². The fourth-order valence-corrected chi connectivity index (χ4v) is 3.08. The van der Waals surface area contributed by atoms with Gasteiger partial charge in [0.05, 0.1) is 9.96 Å². The first-order valence-electron chi connectivity index (χ1n) is 5.47. The number of anilines is 2. The molecular formula is C13H14N2OS2. The zero-order chi connectivity index (χ0) is 13.0. The number of thioether (sulfide) groups is 1. The summed E-state index contributed by atoms with van der Waals surface area (Å²) < 4.78 is 1.15. The molecule has 0 aliphatic rings. The van der Waals surface area contributed by atoms with E-state index in [1.165, 1.54) is 0 Å². The fraction of sp³-hybridized carbons (Fsp3) is 0.154. The summed E-state index contributed by atoms with van der Waals surface area (Å²) in [7, 11) is 0. The van der Waals surface area contributed by atoms with Crippen molar-refractivity contribution < 1.29 is 4.79 Å². The highest BCUT2D eigenvalue weighted by atomic mass is 32.2. The van der Waals surface area contributed by atoms with Crippen molar-refractivity contribution in [1.29, 1.82) is 0 Å². The SMILES string of the molecule is Cc1cc(N)ccc1NC(=O)CSc1cccs1. The molecule has 2 rings (SSSR count). The van der Waals surface area contributed by atoms with Crippen molar-refractivity contribution in [3.05, 3.63) is 41.3 Å². The van der Waals surface area contributed by atoms with Gasteiger partial charge in [0, 0.05) is 11.4 Å². The van der Waals surface area contributed by atoms with Crippen molar-refractivity contribution in [2.24, 2.45) is 0 Å². The van der Waals surface area contributed by atoms with Crippen LogP contribution < -0.4 is 11.1 Å². The summed E-state index contributed by atoms with van der Waals surface area (Å²) in [6, 6.07) is 9.46. The van der Waals surface area contributed by atoms with E-state index in [0.29, 0.717) is 11.4 Å². The molecule has 3 N–H and O–H groups in total. The van der Waals surface area contributed by atoms with E-state index in [1.807, 2.05) is 36.6 Å². The molecule has 1 heterocycles. The van der Waals surface area contributed by atoms with Crippen molar-refractivity contribution in [1.82, 2.24) is 0 Å². The van der Waals surface area contributed by atoms with Crippen LogP contribution in [0, 0.1) is 6.92 Å². The van der Waals surface area contributed by atoms with Gasteiger partial charge in [0.1, 0.15) is 0 Å². The lowest BCUT2D eigenvalue weighted by Crippen LogP contribution is -2.14. The third-order valence-corrected chi connectivity index (χ3v) is 4.50. The minimum absolute atomic E-state index is 0.00118. The van der Waals surface area contributed by atoms with Gasteiger partial charge in [0.15, 0.2) is 0 Å². The lowest BCUT2D eigenvalue weighted by molar-refractivity contribution is -0.113. The zero-order valence-electron chi connectivity index (χ0n) is 9.97. The average Bonchev–Trinajstić information content (AvgIpc) is 2.83. The van der Waals surface area contributed by atoms with Gasteiger partial charge in [0.25, 0.3) is 0 Å². The van der Waals surface area contributed by atoms with E-state index in [0.717, 1.165) is 15.5 Å². The molecule has 0 spiro atoms. The molecule has 0 saturated heterocycles. The number of carbonyl (C=O) groups is 1. The number of nitrogen functional groups attached to an aromatic ring is 1. The topological polar surface area (TPSA) is 55.1 Å². The van der Waals surface area contributed by atoms with Gasteiger partial charge in [-0.15, -0.1) is 23.1 Å². The third-order valence-electron chi connectivity index (χ3n) is 2.37. The molecule has 0 saturated carbocycles. The molecule has 0 aliphatic carbocycles. The number of hydrogen-bond donors (Lipinski definition) is 2. The second-order valence-electron chi connectivity index (χ2n) is 3.84. The van der Waals surface area contributed by atoms with Crippen molar-refractivity contribution in [2.45, 2.75) is 11.1 Å². The first-order valence-corrected chi connectivity index (χ1v) is 7.34. The molecule has 0 fully saturated rings. The van der Waals surface area contributed by atoms with Gasteiger partial charge < -0.3 is 11.1 Å². The highest BCUT2D eigenvalue weighted by Gasteiger charge is 2.06. The van der Waals surface area contributed by atoms with E-state index < -0.39 is 0 Å². The van der Waals surface area contributed by atoms with E-state index >= 15 is 0 Å². The molecule has 3 nitrogen and oxygen atoms in total. The largest absolute Gasteiger partial charge is 0.399 e. The second-order valence-corrected chi connectivity index (χ2v) is 6.07. The highest BCUT2D eigenvalue weighted by Crippen LogP contribution is 2.24. The summed E-state index contributed by atoms with van der Waals surface area (Å²) >= 11 is 3.19. The van der Waals surface area contributed by atoms with Crippen LogP contribution in [0.4, 0.5) is 11.4 Å². The van der Waals surface area contributed by atoms with Gasteiger partial charge in [-0.1, -0.05) is 6.07 Å². The number of hydrogen-bond acceptors (Lipinski definition) is 4. The van der Waals surface area contributed by atoms with Gasteiger partial charge in [-0.05, 0) is 42.1 Å². The molecule has 0 atom stereocenters.